The Labute approximate surface area is 211 Å². The van der Waals surface area contributed by atoms with Gasteiger partial charge in [-0.25, -0.2) is 4.98 Å². The molecule has 2 aromatic heterocycles. The molecule has 5 rings (SSSR count). The van der Waals surface area contributed by atoms with Gasteiger partial charge in [0.15, 0.2) is 28.1 Å². The number of fused-ring (bicyclic) bond motifs is 1. The Morgan fingerprint density at radius 2 is 1.81 bits per heavy atom. The summed E-state index contributed by atoms with van der Waals surface area (Å²) in [6.45, 7) is 5.67. The van der Waals surface area contributed by atoms with Crippen LogP contribution in [0.25, 0.3) is 10.2 Å². The number of ketones is 1. The number of anilines is 1. The Balaban J connectivity index is 1.71. The van der Waals surface area contributed by atoms with Gasteiger partial charge >= 0.3 is 0 Å². The maximum absolute atomic E-state index is 13.6. The smallest absolute Gasteiger partial charge is 0.296 e. The van der Waals surface area contributed by atoms with Crippen molar-refractivity contribution in [1.82, 2.24) is 4.98 Å². The number of Topliss-reactive ketones (excluding diaryl/α,β-unsaturated/α-hetero) is 1. The summed E-state index contributed by atoms with van der Waals surface area (Å²) in [6.07, 6.45) is 0. The highest BCUT2D eigenvalue weighted by Gasteiger charge is 2.46. The predicted octanol–water partition coefficient (Wildman–Crippen LogP) is 5.61. The number of aliphatic hydroxyl groups is 1. The molecule has 0 bridgehead atoms. The van der Waals surface area contributed by atoms with E-state index in [9.17, 15) is 14.7 Å². The molecule has 1 aliphatic heterocycles. The molecule has 1 aliphatic rings. The van der Waals surface area contributed by atoms with E-state index in [2.05, 4.69) is 0 Å². The lowest BCUT2D eigenvalue weighted by Crippen LogP contribution is -2.31. The third kappa shape index (κ3) is 3.72. The number of ether oxygens (including phenoxy) is 2. The molecule has 0 unspecified atom stereocenters. The van der Waals surface area contributed by atoms with Gasteiger partial charge in [0.05, 0.1) is 36.1 Å². The SMILES string of the molecule is COc1ccc([C@@H]2C(C(=O)c3ccc(C)o3)=C(O)C(=O)N2c2nc3c(C)cc(C)cc3s2)cc1OC. The summed E-state index contributed by atoms with van der Waals surface area (Å²) in [5.41, 5.74) is 3.27. The minimum absolute atomic E-state index is 0.0324. The highest BCUT2D eigenvalue weighted by molar-refractivity contribution is 7.22. The number of amides is 1. The normalized spacial score (nSPS) is 15.8. The van der Waals surface area contributed by atoms with E-state index in [1.165, 1.54) is 36.5 Å². The number of thiazole rings is 1. The lowest BCUT2D eigenvalue weighted by atomic mass is 9.95. The van der Waals surface area contributed by atoms with Gasteiger partial charge in [0.1, 0.15) is 5.76 Å². The van der Waals surface area contributed by atoms with Crippen molar-refractivity contribution in [2.75, 3.05) is 19.1 Å². The number of furan rings is 1. The van der Waals surface area contributed by atoms with E-state index in [1.807, 2.05) is 26.0 Å². The number of carbonyl (C=O) groups excluding carboxylic acids is 2. The fourth-order valence-corrected chi connectivity index (χ4v) is 5.69. The number of aryl methyl sites for hydroxylation is 3. The van der Waals surface area contributed by atoms with E-state index in [4.69, 9.17) is 18.9 Å². The van der Waals surface area contributed by atoms with E-state index in [-0.39, 0.29) is 11.3 Å². The Kier molecular flexibility index (Phi) is 5.80. The second-order valence-corrected chi connectivity index (χ2v) is 9.63. The fraction of sp³-hybridized carbons (Fsp3) is 0.222. The van der Waals surface area contributed by atoms with Gasteiger partial charge < -0.3 is 19.0 Å². The average Bonchev–Trinajstić information content (AvgIpc) is 3.54. The first-order valence-corrected chi connectivity index (χ1v) is 12.0. The van der Waals surface area contributed by atoms with Gasteiger partial charge in [0.2, 0.25) is 5.78 Å². The van der Waals surface area contributed by atoms with Crippen LogP contribution in [0.4, 0.5) is 5.13 Å². The highest BCUT2D eigenvalue weighted by Crippen LogP contribution is 2.46. The molecule has 3 heterocycles. The lowest BCUT2D eigenvalue weighted by Gasteiger charge is -2.25. The molecule has 1 amide bonds. The van der Waals surface area contributed by atoms with Gasteiger partial charge in [0, 0.05) is 0 Å². The highest BCUT2D eigenvalue weighted by atomic mass is 32.1. The molecular weight excluding hydrogens is 480 g/mol. The van der Waals surface area contributed by atoms with Crippen LogP contribution in [-0.2, 0) is 4.79 Å². The first-order valence-electron chi connectivity index (χ1n) is 11.2. The van der Waals surface area contributed by atoms with Crippen LogP contribution in [0.5, 0.6) is 11.5 Å². The van der Waals surface area contributed by atoms with Crippen molar-refractivity contribution in [3.63, 3.8) is 0 Å². The molecule has 0 radical (unpaired) electrons. The van der Waals surface area contributed by atoms with E-state index >= 15 is 0 Å². The first-order chi connectivity index (χ1) is 17.2. The van der Waals surface area contributed by atoms with Crippen LogP contribution < -0.4 is 14.4 Å². The number of carbonyl (C=O) groups is 2. The number of nitrogens with zero attached hydrogens (tertiary/aromatic N) is 2. The zero-order chi connectivity index (χ0) is 25.7. The molecule has 0 spiro atoms. The third-order valence-electron chi connectivity index (χ3n) is 6.16. The van der Waals surface area contributed by atoms with Crippen LogP contribution >= 0.6 is 11.3 Å². The van der Waals surface area contributed by atoms with Gasteiger partial charge in [-0.05, 0) is 67.8 Å². The molecule has 0 saturated heterocycles. The number of benzene rings is 2. The van der Waals surface area contributed by atoms with Crippen molar-refractivity contribution in [2.45, 2.75) is 26.8 Å². The largest absolute Gasteiger partial charge is 0.503 e. The van der Waals surface area contributed by atoms with Gasteiger partial charge in [-0.3, -0.25) is 14.5 Å². The van der Waals surface area contributed by atoms with Gasteiger partial charge in [-0.1, -0.05) is 23.5 Å². The van der Waals surface area contributed by atoms with Crippen molar-refractivity contribution < 1.29 is 28.6 Å². The van der Waals surface area contributed by atoms with Crippen molar-refractivity contribution in [3.8, 4) is 11.5 Å². The van der Waals surface area contributed by atoms with E-state index < -0.39 is 23.5 Å². The molecule has 184 valence electrons. The molecule has 36 heavy (non-hydrogen) atoms. The zero-order valence-electron chi connectivity index (χ0n) is 20.4. The second-order valence-electron chi connectivity index (χ2n) is 8.62. The number of aromatic nitrogens is 1. The molecule has 9 heteroatoms. The molecule has 0 fully saturated rings. The van der Waals surface area contributed by atoms with Crippen molar-refractivity contribution in [1.29, 1.82) is 0 Å². The van der Waals surface area contributed by atoms with Crippen LogP contribution in [0.1, 0.15) is 39.0 Å². The number of methoxy groups -OCH3 is 2. The van der Waals surface area contributed by atoms with E-state index in [0.29, 0.717) is 28.0 Å². The van der Waals surface area contributed by atoms with Crippen molar-refractivity contribution in [2.24, 2.45) is 0 Å². The number of aliphatic hydroxyl groups excluding tert-OH is 1. The summed E-state index contributed by atoms with van der Waals surface area (Å²) in [7, 11) is 3.02. The van der Waals surface area contributed by atoms with E-state index in [1.54, 1.807) is 31.2 Å². The van der Waals surface area contributed by atoms with Gasteiger partial charge in [-0.15, -0.1) is 0 Å². The maximum Gasteiger partial charge on any atom is 0.296 e. The zero-order valence-corrected chi connectivity index (χ0v) is 21.2. The quantitative estimate of drug-likeness (QED) is 0.340. The molecule has 4 aromatic rings. The summed E-state index contributed by atoms with van der Waals surface area (Å²) in [5.74, 6) is -0.444. The average molecular weight is 505 g/mol. The maximum atomic E-state index is 13.6. The number of hydrogen-bond donors (Lipinski definition) is 1. The van der Waals surface area contributed by atoms with Crippen LogP contribution in [0.15, 0.2) is 58.2 Å². The molecule has 2 aromatic carbocycles. The van der Waals surface area contributed by atoms with Gasteiger partial charge in [0.25, 0.3) is 5.91 Å². The van der Waals surface area contributed by atoms with Crippen molar-refractivity contribution in [3.05, 3.63) is 82.0 Å². The number of rotatable bonds is 6. The minimum atomic E-state index is -0.961. The molecule has 1 atom stereocenters. The topological polar surface area (TPSA) is 102 Å². The summed E-state index contributed by atoms with van der Waals surface area (Å²) in [6, 6.07) is 11.4. The Hall–Kier alpha value is -4.11. The fourth-order valence-electron chi connectivity index (χ4n) is 4.52. The standard InChI is InChI=1S/C27H24N2O6S/c1-13-10-14(2)22-20(11-13)36-27(28-22)29-23(16-7-9-17(33-4)19(12-16)34-5)21(25(31)26(29)32)24(30)18-8-6-15(3)35-18/h6-12,23,31H,1-5H3/t23-/m1/s1. The summed E-state index contributed by atoms with van der Waals surface area (Å²) in [5, 5.41) is 11.4. The Morgan fingerprint density at radius 1 is 1.06 bits per heavy atom. The molecule has 0 saturated carbocycles. The molecule has 1 N–H and O–H groups in total. The monoisotopic (exact) mass is 504 g/mol. The number of hydrogen-bond acceptors (Lipinski definition) is 8. The second kappa shape index (κ2) is 8.83. The predicted molar refractivity (Wildman–Crippen MR) is 136 cm³/mol. The first kappa shape index (κ1) is 23.6. The Morgan fingerprint density at radius 3 is 2.47 bits per heavy atom. The van der Waals surface area contributed by atoms with Crippen LogP contribution in [0.3, 0.4) is 0 Å². The molecule has 8 nitrogen and oxygen atoms in total. The molecule has 0 aliphatic carbocycles. The third-order valence-corrected chi connectivity index (χ3v) is 7.17. The minimum Gasteiger partial charge on any atom is -0.503 e. The van der Waals surface area contributed by atoms with Crippen LogP contribution in [0.2, 0.25) is 0 Å². The van der Waals surface area contributed by atoms with Gasteiger partial charge in [-0.2, -0.15) is 0 Å². The summed E-state index contributed by atoms with van der Waals surface area (Å²) < 4.78 is 17.3. The molecular formula is C27H24N2O6S. The summed E-state index contributed by atoms with van der Waals surface area (Å²) in [4.78, 5) is 33.2. The summed E-state index contributed by atoms with van der Waals surface area (Å²) >= 11 is 1.32. The lowest BCUT2D eigenvalue weighted by molar-refractivity contribution is -0.117. The van der Waals surface area contributed by atoms with E-state index in [0.717, 1.165) is 21.3 Å². The van der Waals surface area contributed by atoms with Crippen LogP contribution in [0, 0.1) is 20.8 Å². The van der Waals surface area contributed by atoms with Crippen LogP contribution in [-0.4, -0.2) is 36.0 Å². The Bertz CT molecular complexity index is 1560. The van der Waals surface area contributed by atoms with Crippen molar-refractivity contribution >= 4 is 38.4 Å².